The van der Waals surface area contributed by atoms with Crippen molar-refractivity contribution in [3.63, 3.8) is 0 Å². The van der Waals surface area contributed by atoms with Gasteiger partial charge in [-0.25, -0.2) is 0 Å². The summed E-state index contributed by atoms with van der Waals surface area (Å²) < 4.78 is 8.88. The molecule has 0 unspecified atom stereocenters. The minimum Gasteiger partial charge on any atom is -0.316 e. The molecule has 89 heavy (non-hydrogen) atoms. The van der Waals surface area contributed by atoms with E-state index in [4.69, 9.17) is 0 Å². The smallest absolute Gasteiger partial charge is 0.101 e. The number of fused-ring (bicyclic) bond motifs is 14. The molecule has 0 N–H and O–H groups in total. The Balaban J connectivity index is 0.813. The quantitative estimate of drug-likeness (QED) is 0.0998. The largest absolute Gasteiger partial charge is 0.316 e. The molecule has 0 aliphatic carbocycles. The molecule has 0 saturated heterocycles. The van der Waals surface area contributed by atoms with E-state index in [0.717, 1.165) is 126 Å². The molecule has 4 heterocycles. The SMILES string of the molecule is N#C/C=C(/C=C(C#N)\C=C\n1c2ccccc2c2c3c4ccccc4n(-c4cccc(-c5ccc6c(c5)c5ccccc5n6-c5cc(-n6c7ccccc7c7cc8ccccc8cc76)c(C#N)cc5C#N)c4)c3ccc21)N(c1ccccc1)c1ccccc1. The Labute approximate surface area is 510 Å². The van der Waals surface area contributed by atoms with Crippen molar-refractivity contribution in [2.24, 2.45) is 0 Å². The van der Waals surface area contributed by atoms with Crippen molar-refractivity contribution >= 4 is 116 Å². The van der Waals surface area contributed by atoms with E-state index in [1.165, 1.54) is 6.08 Å². The first-order chi connectivity index (χ1) is 44.0. The second kappa shape index (κ2) is 21.0. The summed E-state index contributed by atoms with van der Waals surface area (Å²) in [5, 5.41) is 53.5. The van der Waals surface area contributed by atoms with Crippen LogP contribution in [0.15, 0.2) is 290 Å². The van der Waals surface area contributed by atoms with Crippen molar-refractivity contribution in [1.29, 1.82) is 21.0 Å². The number of hydrogen-bond donors (Lipinski definition) is 0. The fourth-order valence-corrected chi connectivity index (χ4v) is 13.5. The summed E-state index contributed by atoms with van der Waals surface area (Å²) in [6.45, 7) is 0. The van der Waals surface area contributed by atoms with Crippen LogP contribution in [-0.2, 0) is 0 Å². The topological polar surface area (TPSA) is 118 Å². The van der Waals surface area contributed by atoms with Gasteiger partial charge in [-0.15, -0.1) is 0 Å². The lowest BCUT2D eigenvalue weighted by molar-refractivity contribution is 1.12. The van der Waals surface area contributed by atoms with Gasteiger partial charge in [0.2, 0.25) is 0 Å². The number of aromatic nitrogens is 4. The van der Waals surface area contributed by atoms with E-state index < -0.39 is 0 Å². The van der Waals surface area contributed by atoms with Gasteiger partial charge in [0.05, 0.1) is 90.0 Å². The number of para-hydroxylation sites is 6. The van der Waals surface area contributed by atoms with Crippen LogP contribution in [0.1, 0.15) is 11.1 Å². The monoisotopic (exact) mass is 1130 g/mol. The third-order valence-electron chi connectivity index (χ3n) is 17.3. The zero-order valence-corrected chi connectivity index (χ0v) is 47.7. The van der Waals surface area contributed by atoms with Crippen LogP contribution in [0, 0.1) is 45.3 Å². The molecule has 16 rings (SSSR count). The molecule has 0 saturated carbocycles. The van der Waals surface area contributed by atoms with E-state index in [-0.39, 0.29) is 0 Å². The van der Waals surface area contributed by atoms with Crippen LogP contribution in [0.4, 0.5) is 11.4 Å². The van der Waals surface area contributed by atoms with E-state index >= 15 is 0 Å². The van der Waals surface area contributed by atoms with Gasteiger partial charge in [0.15, 0.2) is 0 Å². The van der Waals surface area contributed by atoms with E-state index in [1.54, 1.807) is 12.1 Å². The van der Waals surface area contributed by atoms with Crippen molar-refractivity contribution < 1.29 is 0 Å². The standard InChI is InChI=1S/C80H47N9/c81-40-38-62(86(59-21-3-1-4-22-59)60-23-5-2-6-24-60)42-52(49-82)39-41-85-69-30-13-11-28-65(69)79-74(85)36-37-75-80(79)66-29-12-16-33-72(66)87(75)61-25-17-20-53(44-61)56-34-35-73-67(46-56)63-26-9-14-31-70(63)88(73)76-48-77(58(51-84)43-57(76)50-83)89-71-32-15-10-27-64(71)68-45-54-18-7-8-19-55(54)47-78(68)89/h1-39,41-48H/b41-39+,52-42+,62-38-. The predicted molar refractivity (Wildman–Crippen MR) is 363 cm³/mol. The minimum absolute atomic E-state index is 0.371. The van der Waals surface area contributed by atoms with Crippen LogP contribution < -0.4 is 4.90 Å². The molecule has 16 aromatic rings. The number of nitrogens with zero attached hydrogens (tertiary/aromatic N) is 9. The highest BCUT2D eigenvalue weighted by atomic mass is 15.1. The number of anilines is 2. The molecule has 412 valence electrons. The van der Waals surface area contributed by atoms with E-state index in [0.29, 0.717) is 33.8 Å². The minimum atomic E-state index is 0.371. The molecule has 12 aromatic carbocycles. The number of nitriles is 4. The van der Waals surface area contributed by atoms with Crippen molar-refractivity contribution in [1.82, 2.24) is 18.3 Å². The summed E-state index contributed by atoms with van der Waals surface area (Å²) in [7, 11) is 0. The zero-order chi connectivity index (χ0) is 59.7. The van der Waals surface area contributed by atoms with Gasteiger partial charge in [-0.2, -0.15) is 21.0 Å². The molecule has 0 fully saturated rings. The molecule has 0 bridgehead atoms. The molecule has 9 nitrogen and oxygen atoms in total. The Kier molecular flexibility index (Phi) is 12.2. The van der Waals surface area contributed by atoms with Crippen LogP contribution in [-0.4, -0.2) is 18.3 Å². The summed E-state index contributed by atoms with van der Waals surface area (Å²) in [6.07, 6.45) is 7.01. The Hall–Kier alpha value is -12.9. The Bertz CT molecular complexity index is 5880. The molecular formula is C80H47N9. The first-order valence-electron chi connectivity index (χ1n) is 29.3. The molecule has 0 atom stereocenters. The maximum Gasteiger partial charge on any atom is 0.101 e. The van der Waals surface area contributed by atoms with Gasteiger partial charge in [0, 0.05) is 72.4 Å². The predicted octanol–water partition coefficient (Wildman–Crippen LogP) is 19.8. The van der Waals surface area contributed by atoms with E-state index in [1.807, 2.05) is 108 Å². The maximum absolute atomic E-state index is 10.9. The Morgan fingerprint density at radius 2 is 0.876 bits per heavy atom. The summed E-state index contributed by atoms with van der Waals surface area (Å²) in [5.74, 6) is 0. The number of hydrogen-bond acceptors (Lipinski definition) is 5. The van der Waals surface area contributed by atoms with Crippen LogP contribution in [0.3, 0.4) is 0 Å². The van der Waals surface area contributed by atoms with Crippen molar-refractivity contribution in [3.05, 3.63) is 301 Å². The zero-order valence-electron chi connectivity index (χ0n) is 47.7. The second-order valence-corrected chi connectivity index (χ2v) is 22.1. The van der Waals surface area contributed by atoms with Gasteiger partial charge < -0.3 is 23.2 Å². The summed E-state index contributed by atoms with van der Waals surface area (Å²) >= 11 is 0. The van der Waals surface area contributed by atoms with Crippen molar-refractivity contribution in [2.75, 3.05) is 4.90 Å². The lowest BCUT2D eigenvalue weighted by Crippen LogP contribution is -2.15. The summed E-state index contributed by atoms with van der Waals surface area (Å²) in [4.78, 5) is 1.98. The van der Waals surface area contributed by atoms with Crippen LogP contribution in [0.2, 0.25) is 0 Å². The van der Waals surface area contributed by atoms with Crippen LogP contribution >= 0.6 is 0 Å². The van der Waals surface area contributed by atoms with Gasteiger partial charge in [0.25, 0.3) is 0 Å². The third kappa shape index (κ3) is 8.28. The van der Waals surface area contributed by atoms with Gasteiger partial charge >= 0.3 is 0 Å². The average molecular weight is 1130 g/mol. The highest BCUT2D eigenvalue weighted by Crippen LogP contribution is 2.44. The first kappa shape index (κ1) is 51.7. The molecule has 4 aromatic heterocycles. The van der Waals surface area contributed by atoms with E-state index in [9.17, 15) is 21.0 Å². The van der Waals surface area contributed by atoms with Gasteiger partial charge in [-0.1, -0.05) is 152 Å². The fraction of sp³-hybridized carbons (Fsp3) is 0. The molecule has 0 spiro atoms. The van der Waals surface area contributed by atoms with Crippen LogP contribution in [0.5, 0.6) is 0 Å². The third-order valence-corrected chi connectivity index (χ3v) is 17.3. The molecule has 0 amide bonds. The molecular weight excluding hydrogens is 1090 g/mol. The van der Waals surface area contributed by atoms with Gasteiger partial charge in [-0.3, -0.25) is 0 Å². The highest BCUT2D eigenvalue weighted by Gasteiger charge is 2.24. The number of rotatable bonds is 10. The van der Waals surface area contributed by atoms with Gasteiger partial charge in [-0.05, 0) is 143 Å². The Morgan fingerprint density at radius 3 is 1.52 bits per heavy atom. The fourth-order valence-electron chi connectivity index (χ4n) is 13.5. The molecule has 0 aliphatic rings. The molecule has 9 heteroatoms. The summed E-state index contributed by atoms with van der Waals surface area (Å²) in [5.41, 5.74) is 15.8. The summed E-state index contributed by atoms with van der Waals surface area (Å²) in [6, 6.07) is 99.1. The lowest BCUT2D eigenvalue weighted by atomic mass is 10.0. The highest BCUT2D eigenvalue weighted by molar-refractivity contribution is 6.29. The number of allylic oxidation sites excluding steroid dienone is 4. The van der Waals surface area contributed by atoms with Crippen molar-refractivity contribution in [2.45, 2.75) is 0 Å². The molecule has 0 radical (unpaired) electrons. The maximum atomic E-state index is 10.9. The normalized spacial score (nSPS) is 12.1. The average Bonchev–Trinajstić information content (AvgIpc) is 1.94. The van der Waals surface area contributed by atoms with Crippen LogP contribution in [0.25, 0.3) is 132 Å². The second-order valence-electron chi connectivity index (χ2n) is 22.1. The van der Waals surface area contributed by atoms with Crippen molar-refractivity contribution in [3.8, 4) is 52.5 Å². The first-order valence-corrected chi connectivity index (χ1v) is 29.3. The molecule has 0 aliphatic heterocycles. The van der Waals surface area contributed by atoms with E-state index in [2.05, 4.69) is 206 Å². The van der Waals surface area contributed by atoms with Gasteiger partial charge in [0.1, 0.15) is 12.1 Å². The number of benzene rings is 12. The lowest BCUT2D eigenvalue weighted by Gasteiger charge is -2.25. The Morgan fingerprint density at radius 1 is 0.371 bits per heavy atom.